The molecule has 2 aliphatic heterocycles. The van der Waals surface area contributed by atoms with E-state index >= 15 is 0 Å². The molecule has 0 amide bonds. The molecule has 218 valence electrons. The van der Waals surface area contributed by atoms with Crippen LogP contribution in [0.2, 0.25) is 0 Å². The van der Waals surface area contributed by atoms with Crippen LogP contribution < -0.4 is 18.8 Å². The van der Waals surface area contributed by atoms with Gasteiger partial charge in [-0.1, -0.05) is 37.9 Å². The zero-order valence-corrected chi connectivity index (χ0v) is 27.7. The zero-order chi connectivity index (χ0) is 29.4. The number of pyridine rings is 1. The van der Waals surface area contributed by atoms with Crippen molar-refractivity contribution in [3.63, 3.8) is 0 Å². The standard InChI is InChI=1S/C35H38Br2N2O3/c1-5-23-21-39(22-26-17-28(41-3)7-10-33(26)37)15-13-30(23)35(39)18-24-12-14-38(34-11-8-29(42-4)19-31(24)34)20-25-16-27(40-2)6-9-32(25)36/h5-12,14,16-17,19,23,30,35H,1,13,15,18,20-22H2,2-4H3/q+2. The highest BCUT2D eigenvalue weighted by Crippen LogP contribution is 2.49. The molecular formula is C35H38Br2N2O3+2. The number of hydrogen-bond donors (Lipinski definition) is 0. The fourth-order valence-corrected chi connectivity index (χ4v) is 8.21. The van der Waals surface area contributed by atoms with Gasteiger partial charge in [0.1, 0.15) is 23.8 Å². The Morgan fingerprint density at radius 2 is 1.50 bits per heavy atom. The van der Waals surface area contributed by atoms with Crippen molar-refractivity contribution in [2.75, 3.05) is 34.4 Å². The molecule has 3 aromatic carbocycles. The normalized spacial score (nSPS) is 22.8. The molecule has 0 aliphatic carbocycles. The van der Waals surface area contributed by atoms with Crippen molar-refractivity contribution < 1.29 is 23.3 Å². The van der Waals surface area contributed by atoms with Crippen LogP contribution in [0.5, 0.6) is 17.2 Å². The predicted octanol–water partition coefficient (Wildman–Crippen LogP) is 7.49. The third-order valence-electron chi connectivity index (χ3n) is 9.61. The van der Waals surface area contributed by atoms with E-state index in [0.717, 1.165) is 56.7 Å². The lowest BCUT2D eigenvalue weighted by Gasteiger charge is -2.38. The summed E-state index contributed by atoms with van der Waals surface area (Å²) in [5.41, 5.74) is 5.06. The quantitative estimate of drug-likeness (QED) is 0.0981. The van der Waals surface area contributed by atoms with Gasteiger partial charge in [0.15, 0.2) is 12.7 Å². The molecule has 0 N–H and O–H groups in total. The lowest BCUT2D eigenvalue weighted by molar-refractivity contribution is -0.944. The maximum Gasteiger partial charge on any atom is 0.213 e. The summed E-state index contributed by atoms with van der Waals surface area (Å²) in [6.45, 7) is 8.31. The van der Waals surface area contributed by atoms with Crippen LogP contribution in [0, 0.1) is 11.8 Å². The maximum absolute atomic E-state index is 5.71. The Hall–Kier alpha value is -2.87. The molecule has 0 radical (unpaired) electrons. The van der Waals surface area contributed by atoms with Gasteiger partial charge in [0.2, 0.25) is 5.52 Å². The van der Waals surface area contributed by atoms with E-state index in [9.17, 15) is 0 Å². The molecule has 2 saturated heterocycles. The van der Waals surface area contributed by atoms with E-state index < -0.39 is 0 Å². The topological polar surface area (TPSA) is 31.6 Å². The van der Waals surface area contributed by atoms with E-state index in [4.69, 9.17) is 14.2 Å². The first kappa shape index (κ1) is 29.2. The summed E-state index contributed by atoms with van der Waals surface area (Å²) in [5.74, 6) is 3.81. The van der Waals surface area contributed by atoms with Crippen LogP contribution in [0.3, 0.4) is 0 Å². The van der Waals surface area contributed by atoms with Crippen LogP contribution in [0.15, 0.2) is 88.5 Å². The second-order valence-electron chi connectivity index (χ2n) is 11.7. The lowest BCUT2D eigenvalue weighted by atomic mass is 9.86. The molecular weight excluding hydrogens is 656 g/mol. The summed E-state index contributed by atoms with van der Waals surface area (Å²) >= 11 is 7.58. The maximum atomic E-state index is 5.71. The fourth-order valence-electron chi connectivity index (χ4n) is 7.47. The summed E-state index contributed by atoms with van der Waals surface area (Å²) in [4.78, 5) is 0. The highest BCUT2D eigenvalue weighted by molar-refractivity contribution is 9.10. The monoisotopic (exact) mass is 692 g/mol. The summed E-state index contributed by atoms with van der Waals surface area (Å²) in [7, 11) is 5.20. The van der Waals surface area contributed by atoms with Gasteiger partial charge < -0.3 is 18.7 Å². The van der Waals surface area contributed by atoms with E-state index in [1.54, 1.807) is 21.3 Å². The Bertz CT molecular complexity index is 1640. The Kier molecular flexibility index (Phi) is 8.36. The van der Waals surface area contributed by atoms with E-state index in [1.807, 2.05) is 12.1 Å². The van der Waals surface area contributed by atoms with Crippen molar-refractivity contribution in [1.82, 2.24) is 0 Å². The van der Waals surface area contributed by atoms with Gasteiger partial charge in [-0.3, -0.25) is 0 Å². The second kappa shape index (κ2) is 12.0. The van der Waals surface area contributed by atoms with Gasteiger partial charge in [0.25, 0.3) is 0 Å². The number of hydrogen-bond acceptors (Lipinski definition) is 3. The molecule has 2 aliphatic rings. The first-order valence-corrected chi connectivity index (χ1v) is 16.1. The fraction of sp³-hybridized carbons (Fsp3) is 0.343. The number of nitrogens with zero attached hydrogens (tertiary/aromatic N) is 2. The summed E-state index contributed by atoms with van der Waals surface area (Å²) in [6, 6.07) is 21.8. The first-order chi connectivity index (χ1) is 20.4. The minimum absolute atomic E-state index is 0.517. The summed E-state index contributed by atoms with van der Waals surface area (Å²) < 4.78 is 22.4. The van der Waals surface area contributed by atoms with E-state index in [-0.39, 0.29) is 0 Å². The van der Waals surface area contributed by atoms with Crippen molar-refractivity contribution in [2.24, 2.45) is 11.8 Å². The van der Waals surface area contributed by atoms with Gasteiger partial charge in [-0.15, -0.1) is 6.58 Å². The van der Waals surface area contributed by atoms with Crippen molar-refractivity contribution in [2.45, 2.75) is 32.0 Å². The van der Waals surface area contributed by atoms with Crippen LogP contribution in [-0.4, -0.2) is 44.9 Å². The minimum Gasteiger partial charge on any atom is -0.497 e. The molecule has 42 heavy (non-hydrogen) atoms. The molecule has 7 heteroatoms. The Labute approximate surface area is 265 Å². The number of fused-ring (bicyclic) bond motifs is 3. The summed E-state index contributed by atoms with van der Waals surface area (Å²) in [5, 5.41) is 1.25. The molecule has 1 aromatic heterocycles. The predicted molar refractivity (Wildman–Crippen MR) is 174 cm³/mol. The van der Waals surface area contributed by atoms with Gasteiger partial charge >= 0.3 is 0 Å². The molecule has 4 atom stereocenters. The van der Waals surface area contributed by atoms with E-state index in [0.29, 0.717) is 17.9 Å². The van der Waals surface area contributed by atoms with Crippen LogP contribution in [0.1, 0.15) is 23.1 Å². The van der Waals surface area contributed by atoms with Crippen LogP contribution in [-0.2, 0) is 19.5 Å². The highest BCUT2D eigenvalue weighted by Gasteiger charge is 2.57. The van der Waals surface area contributed by atoms with Crippen molar-refractivity contribution in [3.8, 4) is 17.2 Å². The Morgan fingerprint density at radius 3 is 2.19 bits per heavy atom. The number of benzene rings is 3. The number of methoxy groups -OCH3 is 3. The first-order valence-electron chi connectivity index (χ1n) is 14.5. The van der Waals surface area contributed by atoms with Crippen molar-refractivity contribution >= 4 is 42.8 Å². The van der Waals surface area contributed by atoms with Crippen LogP contribution in [0.25, 0.3) is 10.9 Å². The number of halogens is 2. The number of aromatic nitrogens is 1. The smallest absolute Gasteiger partial charge is 0.213 e. The third-order valence-corrected chi connectivity index (χ3v) is 11.2. The van der Waals surface area contributed by atoms with Crippen molar-refractivity contribution in [1.29, 1.82) is 0 Å². The SMILES string of the molecule is C=CC1C[N+]2(Cc3cc(OC)ccc3Br)CCC1C2Cc1cc[n+](Cc2cc(OC)ccc2Br)c2ccc(OC)cc12. The Morgan fingerprint density at radius 1 is 0.857 bits per heavy atom. The summed E-state index contributed by atoms with van der Waals surface area (Å²) in [6.07, 6.45) is 6.71. The zero-order valence-electron chi connectivity index (χ0n) is 24.5. The molecule has 0 saturated carbocycles. The largest absolute Gasteiger partial charge is 0.497 e. The van der Waals surface area contributed by atoms with Gasteiger partial charge in [-0.2, -0.15) is 4.57 Å². The second-order valence-corrected chi connectivity index (χ2v) is 13.4. The average molecular weight is 695 g/mol. The lowest BCUT2D eigenvalue weighted by Crippen LogP contribution is -2.50. The van der Waals surface area contributed by atoms with Crippen molar-refractivity contribution in [3.05, 3.63) is 105 Å². The molecule has 6 rings (SSSR count). The molecule has 4 aromatic rings. The molecule has 0 spiro atoms. The van der Waals surface area contributed by atoms with Crippen LogP contribution in [0.4, 0.5) is 0 Å². The van der Waals surface area contributed by atoms with Gasteiger partial charge in [-0.25, -0.2) is 0 Å². The third kappa shape index (κ3) is 5.36. The Balaban J connectivity index is 1.39. The molecule has 2 fully saturated rings. The minimum atomic E-state index is 0.517. The van der Waals surface area contributed by atoms with Crippen LogP contribution >= 0.6 is 31.9 Å². The highest BCUT2D eigenvalue weighted by atomic mass is 79.9. The molecule has 3 heterocycles. The van der Waals surface area contributed by atoms with Gasteiger partial charge in [0, 0.05) is 56.9 Å². The number of piperidine rings is 1. The molecule has 2 bridgehead atoms. The number of ether oxygens (including phenoxy) is 3. The van der Waals surface area contributed by atoms with E-state index in [2.05, 4.69) is 104 Å². The number of rotatable bonds is 10. The number of quaternary nitrogens is 1. The average Bonchev–Trinajstić information content (AvgIpc) is 3.50. The van der Waals surface area contributed by atoms with Gasteiger partial charge in [0.05, 0.1) is 45.8 Å². The molecule has 4 unspecified atom stereocenters. The van der Waals surface area contributed by atoms with E-state index in [1.165, 1.54) is 40.6 Å². The van der Waals surface area contributed by atoms with Gasteiger partial charge in [-0.05, 0) is 54.1 Å². The molecule has 5 nitrogen and oxygen atoms in total.